The molecule has 0 aliphatic heterocycles. The standard InChI is InChI=1S/C14H14OTe/c1-2-15-13-10-6-7-11-14(13)16-12-8-4-3-5-9-12/h3-11H,2H2,1H3. The Morgan fingerprint density at radius 3 is 2.38 bits per heavy atom. The van der Waals surface area contributed by atoms with Gasteiger partial charge in [-0.1, -0.05) is 0 Å². The summed E-state index contributed by atoms with van der Waals surface area (Å²) < 4.78 is 8.46. The normalized spacial score (nSPS) is 10.1. The van der Waals surface area contributed by atoms with E-state index in [0.717, 1.165) is 12.4 Å². The molecule has 0 saturated carbocycles. The predicted octanol–water partition coefficient (Wildman–Crippen LogP) is 1.74. The number of hydrogen-bond donors (Lipinski definition) is 0. The van der Waals surface area contributed by atoms with Crippen LogP contribution < -0.4 is 12.0 Å². The zero-order valence-corrected chi connectivity index (χ0v) is 11.6. The summed E-state index contributed by atoms with van der Waals surface area (Å²) in [6, 6.07) is 19.0. The SMILES string of the molecule is CCOc1ccccc1[Te]c1ccccc1. The number of benzene rings is 2. The first kappa shape index (κ1) is 11.5. The topological polar surface area (TPSA) is 9.23 Å². The van der Waals surface area contributed by atoms with Crippen molar-refractivity contribution in [1.29, 1.82) is 0 Å². The van der Waals surface area contributed by atoms with E-state index in [0.29, 0.717) is 0 Å². The molecule has 0 heterocycles. The van der Waals surface area contributed by atoms with Gasteiger partial charge in [-0.25, -0.2) is 0 Å². The third-order valence-electron chi connectivity index (χ3n) is 2.12. The van der Waals surface area contributed by atoms with Crippen LogP contribution in [0.15, 0.2) is 54.6 Å². The van der Waals surface area contributed by atoms with Crippen molar-refractivity contribution in [3.63, 3.8) is 0 Å². The molecule has 0 aliphatic carbocycles. The molecule has 0 saturated heterocycles. The molecule has 2 aromatic carbocycles. The van der Waals surface area contributed by atoms with Gasteiger partial charge in [0.15, 0.2) is 0 Å². The summed E-state index contributed by atoms with van der Waals surface area (Å²) in [5.41, 5.74) is 0. The third kappa shape index (κ3) is 3.01. The van der Waals surface area contributed by atoms with Crippen LogP contribution in [0.1, 0.15) is 6.92 Å². The van der Waals surface area contributed by atoms with Crippen molar-refractivity contribution in [2.75, 3.05) is 6.61 Å². The number of para-hydroxylation sites is 1. The van der Waals surface area contributed by atoms with Crippen LogP contribution in [0.5, 0.6) is 5.75 Å². The van der Waals surface area contributed by atoms with Gasteiger partial charge in [0.1, 0.15) is 0 Å². The maximum atomic E-state index is 5.64. The van der Waals surface area contributed by atoms with Crippen molar-refractivity contribution in [2.45, 2.75) is 6.92 Å². The van der Waals surface area contributed by atoms with Crippen LogP contribution in [-0.2, 0) is 0 Å². The average Bonchev–Trinajstić information content (AvgIpc) is 2.33. The van der Waals surface area contributed by atoms with Gasteiger partial charge in [-0.3, -0.25) is 0 Å². The molecule has 0 unspecified atom stereocenters. The molecular formula is C14H14OTe. The second-order valence-electron chi connectivity index (χ2n) is 3.29. The van der Waals surface area contributed by atoms with E-state index in [1.54, 1.807) is 0 Å². The fourth-order valence-corrected chi connectivity index (χ4v) is 4.05. The molecular weight excluding hydrogens is 312 g/mol. The first-order chi connectivity index (χ1) is 7.90. The second kappa shape index (κ2) is 5.94. The Morgan fingerprint density at radius 2 is 1.62 bits per heavy atom. The summed E-state index contributed by atoms with van der Waals surface area (Å²) >= 11 is -0.323. The molecule has 1 nitrogen and oxygen atoms in total. The summed E-state index contributed by atoms with van der Waals surface area (Å²) in [6.07, 6.45) is 0. The van der Waals surface area contributed by atoms with Gasteiger partial charge in [0.2, 0.25) is 0 Å². The zero-order valence-electron chi connectivity index (χ0n) is 9.22. The van der Waals surface area contributed by atoms with Gasteiger partial charge in [-0.05, 0) is 0 Å². The van der Waals surface area contributed by atoms with Gasteiger partial charge in [0.05, 0.1) is 0 Å². The Bertz CT molecular complexity index is 439. The second-order valence-corrected chi connectivity index (χ2v) is 6.48. The first-order valence-corrected chi connectivity index (χ1v) is 7.68. The van der Waals surface area contributed by atoms with Crippen molar-refractivity contribution in [3.8, 4) is 5.75 Å². The fraction of sp³-hybridized carbons (Fsp3) is 0.143. The van der Waals surface area contributed by atoms with Crippen molar-refractivity contribution in [1.82, 2.24) is 0 Å². The van der Waals surface area contributed by atoms with E-state index in [4.69, 9.17) is 4.74 Å². The molecule has 0 aromatic heterocycles. The number of hydrogen-bond acceptors (Lipinski definition) is 1. The van der Waals surface area contributed by atoms with Crippen LogP contribution >= 0.6 is 0 Å². The van der Waals surface area contributed by atoms with E-state index < -0.39 is 0 Å². The Balaban J connectivity index is 2.21. The molecule has 0 amide bonds. The molecule has 2 heteroatoms. The Hall–Kier alpha value is -0.970. The maximum absolute atomic E-state index is 5.64. The number of ether oxygens (including phenoxy) is 1. The van der Waals surface area contributed by atoms with E-state index >= 15 is 0 Å². The van der Waals surface area contributed by atoms with Crippen molar-refractivity contribution < 1.29 is 4.74 Å². The molecule has 0 N–H and O–H groups in total. The summed E-state index contributed by atoms with van der Waals surface area (Å²) in [4.78, 5) is 0. The first-order valence-electron chi connectivity index (χ1n) is 5.35. The Morgan fingerprint density at radius 1 is 0.938 bits per heavy atom. The molecule has 0 spiro atoms. The van der Waals surface area contributed by atoms with E-state index in [2.05, 4.69) is 48.5 Å². The zero-order chi connectivity index (χ0) is 11.2. The quantitative estimate of drug-likeness (QED) is 0.778. The van der Waals surface area contributed by atoms with Crippen molar-refractivity contribution in [3.05, 3.63) is 54.6 Å². The predicted molar refractivity (Wildman–Crippen MR) is 69.1 cm³/mol. The summed E-state index contributed by atoms with van der Waals surface area (Å²) in [5.74, 6) is 1.05. The third-order valence-corrected chi connectivity index (χ3v) is 5.16. The molecule has 2 aromatic rings. The van der Waals surface area contributed by atoms with Crippen LogP contribution in [-0.4, -0.2) is 27.5 Å². The minimum atomic E-state index is -0.323. The van der Waals surface area contributed by atoms with Gasteiger partial charge >= 0.3 is 107 Å². The molecule has 82 valence electrons. The van der Waals surface area contributed by atoms with Crippen LogP contribution in [0.4, 0.5) is 0 Å². The summed E-state index contributed by atoms with van der Waals surface area (Å²) in [6.45, 7) is 2.76. The summed E-state index contributed by atoms with van der Waals surface area (Å²) in [7, 11) is 0. The van der Waals surface area contributed by atoms with E-state index in [9.17, 15) is 0 Å². The van der Waals surface area contributed by atoms with E-state index in [1.165, 1.54) is 7.22 Å². The summed E-state index contributed by atoms with van der Waals surface area (Å²) in [5, 5.41) is 0. The Kier molecular flexibility index (Phi) is 4.27. The van der Waals surface area contributed by atoms with Gasteiger partial charge in [0, 0.05) is 0 Å². The van der Waals surface area contributed by atoms with Crippen molar-refractivity contribution >= 4 is 28.1 Å². The van der Waals surface area contributed by atoms with Gasteiger partial charge in [-0.15, -0.1) is 0 Å². The number of rotatable bonds is 4. The van der Waals surface area contributed by atoms with Crippen molar-refractivity contribution in [2.24, 2.45) is 0 Å². The molecule has 0 fully saturated rings. The monoisotopic (exact) mass is 328 g/mol. The molecule has 0 radical (unpaired) electrons. The van der Waals surface area contributed by atoms with Crippen LogP contribution in [0.3, 0.4) is 0 Å². The van der Waals surface area contributed by atoms with E-state index in [-0.39, 0.29) is 20.9 Å². The molecule has 0 atom stereocenters. The van der Waals surface area contributed by atoms with Crippen LogP contribution in [0.25, 0.3) is 0 Å². The van der Waals surface area contributed by atoms with Crippen LogP contribution in [0.2, 0.25) is 0 Å². The van der Waals surface area contributed by atoms with Crippen LogP contribution in [0, 0.1) is 0 Å². The van der Waals surface area contributed by atoms with Gasteiger partial charge in [-0.2, -0.15) is 0 Å². The molecule has 0 bridgehead atoms. The molecule has 16 heavy (non-hydrogen) atoms. The fourth-order valence-electron chi connectivity index (χ4n) is 1.42. The minimum absolute atomic E-state index is 0.323. The molecule has 0 aliphatic rings. The Labute approximate surface area is 107 Å². The van der Waals surface area contributed by atoms with Gasteiger partial charge in [0.25, 0.3) is 0 Å². The molecule has 2 rings (SSSR count). The van der Waals surface area contributed by atoms with E-state index in [1.807, 2.05) is 13.0 Å². The van der Waals surface area contributed by atoms with Gasteiger partial charge < -0.3 is 0 Å². The average molecular weight is 326 g/mol.